The maximum absolute atomic E-state index is 12.2. The summed E-state index contributed by atoms with van der Waals surface area (Å²) in [7, 11) is 1.90. The highest BCUT2D eigenvalue weighted by atomic mass is 32.2. The first-order valence-corrected chi connectivity index (χ1v) is 7.81. The third-order valence-corrected chi connectivity index (χ3v) is 3.88. The molecule has 0 aliphatic rings. The van der Waals surface area contributed by atoms with Crippen molar-refractivity contribution < 1.29 is 4.79 Å². The summed E-state index contributed by atoms with van der Waals surface area (Å²) in [6.45, 7) is 6.23. The Kier molecular flexibility index (Phi) is 4.62. The molecule has 1 N–H and O–H groups in total. The van der Waals surface area contributed by atoms with E-state index in [0.29, 0.717) is 17.4 Å². The predicted octanol–water partition coefficient (Wildman–Crippen LogP) is 1.79. The van der Waals surface area contributed by atoms with Crippen LogP contribution in [0, 0.1) is 20.8 Å². The van der Waals surface area contributed by atoms with Gasteiger partial charge in [0.2, 0.25) is 0 Å². The van der Waals surface area contributed by atoms with Crippen LogP contribution < -0.4 is 5.32 Å². The largest absolute Gasteiger partial charge is 0.346 e. The predicted molar refractivity (Wildman–Crippen MR) is 82.4 cm³/mol. The van der Waals surface area contributed by atoms with Crippen molar-refractivity contribution in [2.24, 2.45) is 7.05 Å². The molecule has 0 saturated heterocycles. The summed E-state index contributed by atoms with van der Waals surface area (Å²) in [6.07, 6.45) is 1.89. The van der Waals surface area contributed by atoms with E-state index in [-0.39, 0.29) is 5.91 Å². The summed E-state index contributed by atoms with van der Waals surface area (Å²) in [5.41, 5.74) is 4.21. The molecule has 0 aliphatic carbocycles. The first-order chi connectivity index (χ1) is 9.92. The minimum absolute atomic E-state index is 0.196. The molecule has 0 fully saturated rings. The van der Waals surface area contributed by atoms with Gasteiger partial charge in [0, 0.05) is 30.5 Å². The van der Waals surface area contributed by atoms with Crippen molar-refractivity contribution in [1.29, 1.82) is 0 Å². The van der Waals surface area contributed by atoms with Crippen LogP contribution in [0.3, 0.4) is 0 Å². The van der Waals surface area contributed by atoms with Crippen LogP contribution in [0.25, 0.3) is 0 Å². The monoisotopic (exact) mass is 305 g/mol. The Morgan fingerprint density at radius 2 is 2.05 bits per heavy atom. The Balaban J connectivity index is 2.13. The fourth-order valence-electron chi connectivity index (χ4n) is 2.08. The zero-order valence-electron chi connectivity index (χ0n) is 12.9. The van der Waals surface area contributed by atoms with Gasteiger partial charge in [-0.25, -0.2) is 9.97 Å². The van der Waals surface area contributed by atoms with E-state index < -0.39 is 0 Å². The van der Waals surface area contributed by atoms with Crippen LogP contribution in [0.15, 0.2) is 11.2 Å². The van der Waals surface area contributed by atoms with Crippen LogP contribution in [-0.2, 0) is 13.6 Å². The minimum Gasteiger partial charge on any atom is -0.346 e. The number of aromatic nitrogens is 4. The zero-order valence-corrected chi connectivity index (χ0v) is 13.7. The average molecular weight is 305 g/mol. The molecule has 0 aliphatic heterocycles. The van der Waals surface area contributed by atoms with E-state index >= 15 is 0 Å². The van der Waals surface area contributed by atoms with Crippen molar-refractivity contribution in [3.8, 4) is 0 Å². The Morgan fingerprint density at radius 1 is 1.33 bits per heavy atom. The summed E-state index contributed by atoms with van der Waals surface area (Å²) in [5.74, 6) is -0.196. The lowest BCUT2D eigenvalue weighted by molar-refractivity contribution is 0.0944. The molecule has 0 atom stereocenters. The molecule has 1 amide bonds. The number of hydrogen-bond acceptors (Lipinski definition) is 5. The third-order valence-electron chi connectivity index (χ3n) is 3.33. The summed E-state index contributed by atoms with van der Waals surface area (Å²) in [5, 5.41) is 7.84. The molecular formula is C14H19N5OS. The molecule has 2 aromatic heterocycles. The molecule has 0 unspecified atom stereocenters. The Labute approximate surface area is 128 Å². The molecule has 0 spiro atoms. The lowest BCUT2D eigenvalue weighted by Gasteiger charge is -2.07. The fraction of sp³-hybridized carbons (Fsp3) is 0.429. The van der Waals surface area contributed by atoms with Gasteiger partial charge in [-0.2, -0.15) is 5.10 Å². The van der Waals surface area contributed by atoms with Gasteiger partial charge in [0.15, 0.2) is 5.16 Å². The van der Waals surface area contributed by atoms with Crippen molar-refractivity contribution in [3.05, 3.63) is 34.4 Å². The molecule has 0 bridgehead atoms. The Morgan fingerprint density at radius 3 is 2.62 bits per heavy atom. The fourth-order valence-corrected chi connectivity index (χ4v) is 2.51. The lowest BCUT2D eigenvalue weighted by atomic mass is 10.2. The van der Waals surface area contributed by atoms with E-state index in [0.717, 1.165) is 22.6 Å². The van der Waals surface area contributed by atoms with Crippen molar-refractivity contribution in [1.82, 2.24) is 25.1 Å². The molecule has 21 heavy (non-hydrogen) atoms. The average Bonchev–Trinajstić information content (AvgIpc) is 2.69. The lowest BCUT2D eigenvalue weighted by Crippen LogP contribution is -2.25. The van der Waals surface area contributed by atoms with Crippen LogP contribution in [0.2, 0.25) is 0 Å². The molecule has 0 saturated carbocycles. The second-order valence-corrected chi connectivity index (χ2v) is 5.61. The smallest absolute Gasteiger partial charge is 0.270 e. The minimum atomic E-state index is -0.196. The molecule has 112 valence electrons. The molecule has 0 radical (unpaired) electrons. The Hall–Kier alpha value is -1.89. The van der Waals surface area contributed by atoms with E-state index in [1.54, 1.807) is 6.07 Å². The summed E-state index contributed by atoms with van der Waals surface area (Å²) < 4.78 is 1.82. The highest BCUT2D eigenvalue weighted by Gasteiger charge is 2.13. The van der Waals surface area contributed by atoms with E-state index in [1.165, 1.54) is 11.8 Å². The maximum atomic E-state index is 12.2. The van der Waals surface area contributed by atoms with E-state index in [4.69, 9.17) is 0 Å². The molecule has 2 heterocycles. The summed E-state index contributed by atoms with van der Waals surface area (Å²) in [6, 6.07) is 1.69. The highest BCUT2D eigenvalue weighted by molar-refractivity contribution is 7.98. The second kappa shape index (κ2) is 6.26. The van der Waals surface area contributed by atoms with E-state index in [9.17, 15) is 4.79 Å². The third kappa shape index (κ3) is 3.41. The van der Waals surface area contributed by atoms with Crippen LogP contribution in [0.5, 0.6) is 0 Å². The normalized spacial score (nSPS) is 10.7. The van der Waals surface area contributed by atoms with Crippen LogP contribution in [-0.4, -0.2) is 31.9 Å². The van der Waals surface area contributed by atoms with Crippen LogP contribution in [0.1, 0.15) is 33.1 Å². The van der Waals surface area contributed by atoms with Gasteiger partial charge in [0.05, 0.1) is 5.69 Å². The number of rotatable bonds is 4. The van der Waals surface area contributed by atoms with Gasteiger partial charge < -0.3 is 5.32 Å². The number of amides is 1. The van der Waals surface area contributed by atoms with Crippen LogP contribution >= 0.6 is 11.8 Å². The number of nitrogens with one attached hydrogen (secondary N) is 1. The van der Waals surface area contributed by atoms with Gasteiger partial charge in [-0.1, -0.05) is 11.8 Å². The topological polar surface area (TPSA) is 72.7 Å². The number of hydrogen-bond donors (Lipinski definition) is 1. The highest BCUT2D eigenvalue weighted by Crippen LogP contribution is 2.13. The van der Waals surface area contributed by atoms with Gasteiger partial charge in [-0.15, -0.1) is 0 Å². The number of carbonyl (C=O) groups is 1. The standard InChI is InChI=1S/C14H19N5OS/c1-8-6-12(17-14(16-8)21-5)13(20)15-7-11-9(2)18-19(4)10(11)3/h6H,7H2,1-5H3,(H,15,20). The molecule has 2 rings (SSSR count). The van der Waals surface area contributed by atoms with Gasteiger partial charge in [0.1, 0.15) is 5.69 Å². The van der Waals surface area contributed by atoms with Gasteiger partial charge >= 0.3 is 0 Å². The number of nitrogens with zero attached hydrogens (tertiary/aromatic N) is 4. The summed E-state index contributed by atoms with van der Waals surface area (Å²) >= 11 is 1.42. The first-order valence-electron chi connectivity index (χ1n) is 6.59. The Bertz CT molecular complexity index is 680. The number of carbonyl (C=O) groups excluding carboxylic acids is 1. The molecule has 6 nitrogen and oxygen atoms in total. The molecule has 2 aromatic rings. The molecule has 7 heteroatoms. The number of thioether (sulfide) groups is 1. The van der Waals surface area contributed by atoms with E-state index in [2.05, 4.69) is 20.4 Å². The van der Waals surface area contributed by atoms with Crippen molar-refractivity contribution in [3.63, 3.8) is 0 Å². The van der Waals surface area contributed by atoms with Crippen LogP contribution in [0.4, 0.5) is 0 Å². The van der Waals surface area contributed by atoms with Crippen molar-refractivity contribution in [2.45, 2.75) is 32.5 Å². The quantitative estimate of drug-likeness (QED) is 0.688. The van der Waals surface area contributed by atoms with Crippen molar-refractivity contribution >= 4 is 17.7 Å². The number of aryl methyl sites for hydroxylation is 3. The maximum Gasteiger partial charge on any atom is 0.270 e. The van der Waals surface area contributed by atoms with E-state index in [1.807, 2.05) is 38.8 Å². The summed E-state index contributed by atoms with van der Waals surface area (Å²) in [4.78, 5) is 20.7. The van der Waals surface area contributed by atoms with Crippen molar-refractivity contribution in [2.75, 3.05) is 6.26 Å². The molecular weight excluding hydrogens is 286 g/mol. The van der Waals surface area contributed by atoms with Gasteiger partial charge in [0.25, 0.3) is 5.91 Å². The molecule has 0 aromatic carbocycles. The van der Waals surface area contributed by atoms with Gasteiger partial charge in [-0.3, -0.25) is 9.48 Å². The SMILES string of the molecule is CSc1nc(C)cc(C(=O)NCc2c(C)nn(C)c2C)n1. The van der Waals surface area contributed by atoms with Gasteiger partial charge in [-0.05, 0) is 33.1 Å². The second-order valence-electron chi connectivity index (χ2n) is 4.84. The zero-order chi connectivity index (χ0) is 15.6. The first kappa shape index (κ1) is 15.5.